The highest BCUT2D eigenvalue weighted by Crippen LogP contribution is 2.30. The Morgan fingerprint density at radius 3 is 2.30 bits per heavy atom. The van der Waals surface area contributed by atoms with Gasteiger partial charge < -0.3 is 9.84 Å². The predicted molar refractivity (Wildman–Crippen MR) is 79.3 cm³/mol. The Hall–Kier alpha value is -0.910. The van der Waals surface area contributed by atoms with Crippen LogP contribution in [-0.2, 0) is 14.6 Å². The normalized spacial score (nSPS) is 16.6. The average Bonchev–Trinajstić information content (AvgIpc) is 2.38. The van der Waals surface area contributed by atoms with Crippen LogP contribution in [0.2, 0.25) is 0 Å². The molecule has 0 radical (unpaired) electrons. The summed E-state index contributed by atoms with van der Waals surface area (Å²) < 4.78 is 31.0. The highest BCUT2D eigenvalue weighted by molar-refractivity contribution is 7.92. The van der Waals surface area contributed by atoms with Crippen LogP contribution in [0.5, 0.6) is 0 Å². The lowest BCUT2D eigenvalue weighted by atomic mass is 10.2. The Bertz CT molecular complexity index is 519. The fraction of sp³-hybridized carbons (Fsp3) is 0.600. The molecule has 0 amide bonds. The quantitative estimate of drug-likeness (QED) is 0.841. The van der Waals surface area contributed by atoms with Crippen molar-refractivity contribution < 1.29 is 18.3 Å². The average molecular weight is 300 g/mol. The number of sulfone groups is 1. The van der Waals surface area contributed by atoms with Crippen LogP contribution < -0.4 is 0 Å². The van der Waals surface area contributed by atoms with Crippen LogP contribution >= 0.6 is 0 Å². The first kappa shape index (κ1) is 17.1. The van der Waals surface area contributed by atoms with E-state index in [9.17, 15) is 13.5 Å². The lowest BCUT2D eigenvalue weighted by Gasteiger charge is -2.29. The zero-order chi connectivity index (χ0) is 15.4. The standard InChI is InChI=1S/C15H24O4S/c1-5-15(4,19-11-10-13(3)16)20(17,18)14-8-6-12(2)7-9-14/h6-9,13,16H,5,10-11H2,1-4H3. The third-order valence-corrected chi connectivity index (χ3v) is 5.92. The molecule has 0 saturated heterocycles. The number of ether oxygens (including phenoxy) is 1. The molecular weight excluding hydrogens is 276 g/mol. The highest BCUT2D eigenvalue weighted by atomic mass is 32.2. The van der Waals surface area contributed by atoms with Crippen LogP contribution in [0.3, 0.4) is 0 Å². The minimum atomic E-state index is -3.57. The molecule has 114 valence electrons. The Labute approximate surface area is 121 Å². The van der Waals surface area contributed by atoms with Gasteiger partial charge in [0.25, 0.3) is 0 Å². The van der Waals surface area contributed by atoms with E-state index in [1.54, 1.807) is 45.0 Å². The largest absolute Gasteiger partial charge is 0.393 e. The fourth-order valence-corrected chi connectivity index (χ4v) is 3.39. The van der Waals surface area contributed by atoms with Crippen molar-refractivity contribution in [1.82, 2.24) is 0 Å². The number of aliphatic hydroxyl groups excluding tert-OH is 1. The van der Waals surface area contributed by atoms with Crippen molar-refractivity contribution in [2.24, 2.45) is 0 Å². The number of hydrogen-bond acceptors (Lipinski definition) is 4. The predicted octanol–water partition coefficient (Wildman–Crippen LogP) is 2.68. The van der Waals surface area contributed by atoms with Gasteiger partial charge in [-0.2, -0.15) is 0 Å². The third kappa shape index (κ3) is 3.81. The van der Waals surface area contributed by atoms with Crippen molar-refractivity contribution in [2.45, 2.75) is 56.5 Å². The summed E-state index contributed by atoms with van der Waals surface area (Å²) in [5.41, 5.74) is 1.01. The van der Waals surface area contributed by atoms with E-state index in [1.165, 1.54) is 0 Å². The van der Waals surface area contributed by atoms with Gasteiger partial charge in [0.2, 0.25) is 9.84 Å². The first-order valence-electron chi connectivity index (χ1n) is 6.86. The molecule has 5 heteroatoms. The molecule has 20 heavy (non-hydrogen) atoms. The minimum Gasteiger partial charge on any atom is -0.393 e. The topological polar surface area (TPSA) is 63.6 Å². The maximum atomic E-state index is 12.7. The zero-order valence-corrected chi connectivity index (χ0v) is 13.4. The van der Waals surface area contributed by atoms with E-state index in [-0.39, 0.29) is 11.5 Å². The van der Waals surface area contributed by atoms with E-state index in [0.717, 1.165) is 5.56 Å². The molecular formula is C15H24O4S. The molecule has 2 unspecified atom stereocenters. The van der Waals surface area contributed by atoms with Gasteiger partial charge in [0.1, 0.15) is 0 Å². The van der Waals surface area contributed by atoms with Gasteiger partial charge in [-0.3, -0.25) is 0 Å². The van der Waals surface area contributed by atoms with E-state index >= 15 is 0 Å². The van der Waals surface area contributed by atoms with Crippen molar-refractivity contribution in [3.63, 3.8) is 0 Å². The molecule has 0 aliphatic carbocycles. The molecule has 2 atom stereocenters. The number of aryl methyl sites for hydroxylation is 1. The molecule has 0 saturated carbocycles. The summed E-state index contributed by atoms with van der Waals surface area (Å²) in [7, 11) is -3.57. The maximum absolute atomic E-state index is 12.7. The van der Waals surface area contributed by atoms with Gasteiger partial charge in [0.15, 0.2) is 4.93 Å². The molecule has 0 aliphatic heterocycles. The summed E-state index contributed by atoms with van der Waals surface area (Å²) in [5, 5.41) is 9.24. The molecule has 1 N–H and O–H groups in total. The number of rotatable bonds is 7. The summed E-state index contributed by atoms with van der Waals surface area (Å²) in [6.07, 6.45) is 0.264. The van der Waals surface area contributed by atoms with Crippen molar-refractivity contribution in [2.75, 3.05) is 6.61 Å². The molecule has 0 heterocycles. The molecule has 1 aromatic rings. The highest BCUT2D eigenvalue weighted by Gasteiger charge is 2.39. The van der Waals surface area contributed by atoms with E-state index in [4.69, 9.17) is 4.74 Å². The Balaban J connectivity index is 2.99. The smallest absolute Gasteiger partial charge is 0.207 e. The van der Waals surface area contributed by atoms with Gasteiger partial charge >= 0.3 is 0 Å². The Morgan fingerprint density at radius 2 is 1.85 bits per heavy atom. The van der Waals surface area contributed by atoms with E-state index in [2.05, 4.69) is 0 Å². The van der Waals surface area contributed by atoms with Crippen LogP contribution in [0.4, 0.5) is 0 Å². The summed E-state index contributed by atoms with van der Waals surface area (Å²) in [5.74, 6) is 0. The summed E-state index contributed by atoms with van der Waals surface area (Å²) in [6, 6.07) is 6.77. The van der Waals surface area contributed by atoms with Crippen molar-refractivity contribution in [3.05, 3.63) is 29.8 Å². The number of benzene rings is 1. The lowest BCUT2D eigenvalue weighted by Crippen LogP contribution is -2.38. The molecule has 0 bridgehead atoms. The number of aliphatic hydroxyl groups is 1. The first-order valence-corrected chi connectivity index (χ1v) is 8.34. The monoisotopic (exact) mass is 300 g/mol. The van der Waals surface area contributed by atoms with Gasteiger partial charge in [-0.25, -0.2) is 8.42 Å². The molecule has 0 aliphatic rings. The molecule has 0 aromatic heterocycles. The van der Waals surface area contributed by atoms with Crippen LogP contribution in [0.25, 0.3) is 0 Å². The molecule has 1 aromatic carbocycles. The van der Waals surface area contributed by atoms with E-state index in [1.807, 2.05) is 6.92 Å². The zero-order valence-electron chi connectivity index (χ0n) is 12.6. The van der Waals surface area contributed by atoms with Crippen LogP contribution in [-0.4, -0.2) is 31.2 Å². The van der Waals surface area contributed by atoms with Crippen molar-refractivity contribution in [1.29, 1.82) is 0 Å². The SMILES string of the molecule is CCC(C)(OCCC(C)O)S(=O)(=O)c1ccc(C)cc1. The molecule has 4 nitrogen and oxygen atoms in total. The first-order chi connectivity index (χ1) is 9.23. The maximum Gasteiger partial charge on any atom is 0.207 e. The van der Waals surface area contributed by atoms with Crippen LogP contribution in [0.15, 0.2) is 29.2 Å². The van der Waals surface area contributed by atoms with Crippen LogP contribution in [0, 0.1) is 6.92 Å². The Kier molecular flexibility index (Phi) is 5.74. The summed E-state index contributed by atoms with van der Waals surface area (Å²) in [4.78, 5) is -0.999. The van der Waals surface area contributed by atoms with Crippen LogP contribution in [0.1, 0.15) is 39.2 Å². The number of hydrogen-bond donors (Lipinski definition) is 1. The van der Waals surface area contributed by atoms with Gasteiger partial charge in [-0.1, -0.05) is 24.6 Å². The van der Waals surface area contributed by atoms with Crippen molar-refractivity contribution >= 4 is 9.84 Å². The summed E-state index contributed by atoms with van der Waals surface area (Å²) >= 11 is 0. The summed E-state index contributed by atoms with van der Waals surface area (Å²) in [6.45, 7) is 7.15. The van der Waals surface area contributed by atoms with Crippen molar-refractivity contribution in [3.8, 4) is 0 Å². The van der Waals surface area contributed by atoms with E-state index < -0.39 is 20.9 Å². The lowest BCUT2D eigenvalue weighted by molar-refractivity contribution is 0.0108. The second kappa shape index (κ2) is 6.70. The molecule has 0 spiro atoms. The molecule has 0 fully saturated rings. The fourth-order valence-electron chi connectivity index (χ4n) is 1.78. The second-order valence-electron chi connectivity index (χ2n) is 5.29. The third-order valence-electron chi connectivity index (χ3n) is 3.48. The van der Waals surface area contributed by atoms with Gasteiger partial charge in [0.05, 0.1) is 17.6 Å². The van der Waals surface area contributed by atoms with Gasteiger partial charge in [0, 0.05) is 0 Å². The van der Waals surface area contributed by atoms with E-state index in [0.29, 0.717) is 12.8 Å². The minimum absolute atomic E-state index is 0.215. The Morgan fingerprint density at radius 1 is 1.30 bits per heavy atom. The van der Waals surface area contributed by atoms with Gasteiger partial charge in [-0.05, 0) is 45.7 Å². The molecule has 1 rings (SSSR count). The second-order valence-corrected chi connectivity index (χ2v) is 7.63. The van der Waals surface area contributed by atoms with Gasteiger partial charge in [-0.15, -0.1) is 0 Å².